The second-order valence-corrected chi connectivity index (χ2v) is 13.2. The molecule has 0 unspecified atom stereocenters. The van der Waals surface area contributed by atoms with Crippen molar-refractivity contribution >= 4 is 11.8 Å². The molecule has 2 N–H and O–H groups in total. The molecule has 0 aromatic heterocycles. The van der Waals surface area contributed by atoms with Crippen molar-refractivity contribution in [2.24, 2.45) is 46.3 Å². The fraction of sp³-hybridized carbons (Fsp3) is 0.926. The normalized spacial score (nSPS) is 46.3. The van der Waals surface area contributed by atoms with E-state index in [9.17, 15) is 9.59 Å². The Morgan fingerprint density at radius 3 is 1.13 bits per heavy atom. The molecule has 2 amide bonds. The molecule has 31 heavy (non-hydrogen) atoms. The van der Waals surface area contributed by atoms with Gasteiger partial charge < -0.3 is 10.6 Å². The summed E-state index contributed by atoms with van der Waals surface area (Å²) in [5.41, 5.74) is 0.649. The van der Waals surface area contributed by atoms with Gasteiger partial charge in [0.25, 0.3) is 0 Å². The highest BCUT2D eigenvalue weighted by Crippen LogP contribution is 2.62. The summed E-state index contributed by atoms with van der Waals surface area (Å²) in [6.45, 7) is 1.39. The third kappa shape index (κ3) is 4.17. The molecule has 0 heterocycles. The topological polar surface area (TPSA) is 58.2 Å². The SMILES string of the molecule is O=C(CC12CC3CC(CC(C3)C1)C2)NCCCNC(=O)CC12CC3CC(CC(C3)C1)C2. The first-order valence-electron chi connectivity index (χ1n) is 13.5. The molecular weight excluding hydrogens is 384 g/mol. The second-order valence-electron chi connectivity index (χ2n) is 13.2. The summed E-state index contributed by atoms with van der Waals surface area (Å²) in [6.07, 6.45) is 18.7. The molecule has 172 valence electrons. The monoisotopic (exact) mass is 426 g/mol. The van der Waals surface area contributed by atoms with E-state index in [4.69, 9.17) is 0 Å². The first-order chi connectivity index (χ1) is 15.0. The number of rotatable bonds is 8. The van der Waals surface area contributed by atoms with Crippen molar-refractivity contribution in [1.29, 1.82) is 0 Å². The summed E-state index contributed by atoms with van der Waals surface area (Å²) >= 11 is 0. The first kappa shape index (κ1) is 20.5. The van der Waals surface area contributed by atoms with E-state index in [0.717, 1.165) is 54.8 Å². The van der Waals surface area contributed by atoms with Crippen LogP contribution >= 0.6 is 0 Å². The molecule has 8 aliphatic rings. The van der Waals surface area contributed by atoms with Crippen LogP contribution in [0.5, 0.6) is 0 Å². The predicted octanol–water partition coefficient (Wildman–Crippen LogP) is 4.82. The molecule has 8 fully saturated rings. The van der Waals surface area contributed by atoms with E-state index >= 15 is 0 Å². The van der Waals surface area contributed by atoms with Crippen molar-refractivity contribution in [2.45, 2.75) is 96.3 Å². The Morgan fingerprint density at radius 1 is 0.548 bits per heavy atom. The van der Waals surface area contributed by atoms with Crippen molar-refractivity contribution in [1.82, 2.24) is 10.6 Å². The van der Waals surface area contributed by atoms with Crippen molar-refractivity contribution in [3.63, 3.8) is 0 Å². The van der Waals surface area contributed by atoms with Gasteiger partial charge in [-0.1, -0.05) is 0 Å². The fourth-order valence-electron chi connectivity index (χ4n) is 10.4. The number of amides is 2. The molecule has 0 radical (unpaired) electrons. The van der Waals surface area contributed by atoms with E-state index in [2.05, 4.69) is 10.6 Å². The Bertz CT molecular complexity index is 598. The van der Waals surface area contributed by atoms with E-state index in [-0.39, 0.29) is 11.8 Å². The van der Waals surface area contributed by atoms with Crippen LogP contribution in [0.15, 0.2) is 0 Å². The van der Waals surface area contributed by atoms with Gasteiger partial charge in [-0.15, -0.1) is 0 Å². The van der Waals surface area contributed by atoms with Gasteiger partial charge in [0.15, 0.2) is 0 Å². The molecule has 0 spiro atoms. The van der Waals surface area contributed by atoms with Gasteiger partial charge in [0.1, 0.15) is 0 Å². The summed E-state index contributed by atoms with van der Waals surface area (Å²) < 4.78 is 0. The highest BCUT2D eigenvalue weighted by molar-refractivity contribution is 5.77. The van der Waals surface area contributed by atoms with E-state index in [1.165, 1.54) is 77.0 Å². The van der Waals surface area contributed by atoms with Crippen molar-refractivity contribution in [2.75, 3.05) is 13.1 Å². The molecule has 8 bridgehead atoms. The third-order valence-electron chi connectivity index (χ3n) is 10.4. The molecule has 0 atom stereocenters. The van der Waals surface area contributed by atoms with Gasteiger partial charge >= 0.3 is 0 Å². The van der Waals surface area contributed by atoms with Gasteiger partial charge in [-0.3, -0.25) is 9.59 Å². The van der Waals surface area contributed by atoms with Crippen LogP contribution < -0.4 is 10.6 Å². The van der Waals surface area contributed by atoms with Gasteiger partial charge in [0.2, 0.25) is 11.8 Å². The zero-order valence-electron chi connectivity index (χ0n) is 19.3. The Labute approximate surface area is 188 Å². The predicted molar refractivity (Wildman–Crippen MR) is 121 cm³/mol. The quantitative estimate of drug-likeness (QED) is 0.547. The van der Waals surface area contributed by atoms with Crippen LogP contribution in [0.3, 0.4) is 0 Å². The molecule has 8 aliphatic carbocycles. The van der Waals surface area contributed by atoms with E-state index in [0.29, 0.717) is 23.9 Å². The summed E-state index contributed by atoms with van der Waals surface area (Å²) in [5, 5.41) is 6.34. The lowest BCUT2D eigenvalue weighted by atomic mass is 9.49. The largest absolute Gasteiger partial charge is 0.356 e. The maximum Gasteiger partial charge on any atom is 0.220 e. The Kier molecular flexibility index (Phi) is 5.14. The molecule has 4 nitrogen and oxygen atoms in total. The van der Waals surface area contributed by atoms with Gasteiger partial charge in [-0.05, 0) is 130 Å². The Balaban J connectivity index is 0.898. The minimum absolute atomic E-state index is 0.252. The second kappa shape index (κ2) is 7.76. The molecule has 0 aromatic carbocycles. The van der Waals surface area contributed by atoms with Crippen LogP contribution in [0.4, 0.5) is 0 Å². The van der Waals surface area contributed by atoms with Crippen molar-refractivity contribution in [3.05, 3.63) is 0 Å². The summed E-state index contributed by atoms with van der Waals surface area (Å²) in [4.78, 5) is 25.3. The van der Waals surface area contributed by atoms with E-state index in [1.54, 1.807) is 0 Å². The van der Waals surface area contributed by atoms with Gasteiger partial charge in [-0.25, -0.2) is 0 Å². The van der Waals surface area contributed by atoms with Crippen LogP contribution in [0.1, 0.15) is 96.3 Å². The smallest absolute Gasteiger partial charge is 0.220 e. The number of carbonyl (C=O) groups excluding carboxylic acids is 2. The maximum atomic E-state index is 12.6. The number of carbonyl (C=O) groups is 2. The van der Waals surface area contributed by atoms with Crippen LogP contribution in [0.2, 0.25) is 0 Å². The minimum atomic E-state index is 0.252. The molecule has 0 aromatic rings. The summed E-state index contributed by atoms with van der Waals surface area (Å²) in [5.74, 6) is 5.94. The summed E-state index contributed by atoms with van der Waals surface area (Å²) in [6, 6.07) is 0. The molecular formula is C27H42N2O2. The standard InChI is InChI=1S/C27H42N2O2/c30-24(16-26-10-18-4-19(11-26)6-20(5-18)12-26)28-2-1-3-29-25(31)17-27-13-21-7-22(14-27)9-23(8-21)15-27/h18-23H,1-17H2,(H,28,30)(H,29,31). The van der Waals surface area contributed by atoms with Crippen molar-refractivity contribution < 1.29 is 9.59 Å². The van der Waals surface area contributed by atoms with Gasteiger partial charge in [0.05, 0.1) is 0 Å². The lowest BCUT2D eigenvalue weighted by Gasteiger charge is -2.56. The third-order valence-corrected chi connectivity index (χ3v) is 10.4. The lowest BCUT2D eigenvalue weighted by molar-refractivity contribution is -0.129. The molecule has 0 saturated heterocycles. The van der Waals surface area contributed by atoms with Gasteiger partial charge in [-0.2, -0.15) is 0 Å². The van der Waals surface area contributed by atoms with Crippen LogP contribution in [0, 0.1) is 46.3 Å². The van der Waals surface area contributed by atoms with E-state index in [1.807, 2.05) is 0 Å². The van der Waals surface area contributed by atoms with Crippen molar-refractivity contribution in [3.8, 4) is 0 Å². The van der Waals surface area contributed by atoms with Crippen LogP contribution in [-0.2, 0) is 9.59 Å². The highest BCUT2D eigenvalue weighted by atomic mass is 16.2. The lowest BCUT2D eigenvalue weighted by Crippen LogP contribution is -2.48. The fourth-order valence-corrected chi connectivity index (χ4v) is 10.4. The zero-order valence-corrected chi connectivity index (χ0v) is 19.3. The number of nitrogens with one attached hydrogen (secondary N) is 2. The molecule has 8 saturated carbocycles. The molecule has 0 aliphatic heterocycles. The van der Waals surface area contributed by atoms with Gasteiger partial charge in [0, 0.05) is 25.9 Å². The minimum Gasteiger partial charge on any atom is -0.356 e. The highest BCUT2D eigenvalue weighted by Gasteiger charge is 2.52. The average Bonchev–Trinajstić information content (AvgIpc) is 2.64. The first-order valence-corrected chi connectivity index (χ1v) is 13.5. The van der Waals surface area contributed by atoms with Crippen LogP contribution in [0.25, 0.3) is 0 Å². The summed E-state index contributed by atoms with van der Waals surface area (Å²) in [7, 11) is 0. The average molecular weight is 427 g/mol. The van der Waals surface area contributed by atoms with Crippen LogP contribution in [-0.4, -0.2) is 24.9 Å². The zero-order chi connectivity index (χ0) is 21.1. The molecule has 8 rings (SSSR count). The Hall–Kier alpha value is -1.06. The van der Waals surface area contributed by atoms with E-state index < -0.39 is 0 Å². The maximum absolute atomic E-state index is 12.6. The molecule has 4 heteroatoms. The Morgan fingerprint density at radius 2 is 0.839 bits per heavy atom. The number of hydrogen-bond donors (Lipinski definition) is 2. The number of hydrogen-bond acceptors (Lipinski definition) is 2.